The third-order valence-corrected chi connectivity index (χ3v) is 5.90. The van der Waals surface area contributed by atoms with Gasteiger partial charge in [0.1, 0.15) is 23.4 Å². The van der Waals surface area contributed by atoms with E-state index < -0.39 is 0 Å². The van der Waals surface area contributed by atoms with Crippen molar-refractivity contribution in [2.75, 3.05) is 0 Å². The summed E-state index contributed by atoms with van der Waals surface area (Å²) in [7, 11) is 0. The number of hydrogen-bond acceptors (Lipinski definition) is 6. The average molecular weight is 442 g/mol. The van der Waals surface area contributed by atoms with E-state index in [0.717, 1.165) is 27.5 Å². The van der Waals surface area contributed by atoms with Gasteiger partial charge in [-0.05, 0) is 36.8 Å². The molecule has 0 saturated carbocycles. The molecule has 0 bridgehead atoms. The van der Waals surface area contributed by atoms with Crippen LogP contribution in [0.2, 0.25) is 0 Å². The zero-order valence-electron chi connectivity index (χ0n) is 17.2. The lowest BCUT2D eigenvalue weighted by Gasteiger charge is -2.14. The molecule has 0 spiro atoms. The largest absolute Gasteiger partial charge is 0.344 e. The zero-order chi connectivity index (χ0) is 21.9. The third-order valence-electron chi connectivity index (χ3n) is 5.01. The molecule has 0 aliphatic heterocycles. The topological polar surface area (TPSA) is 90.5 Å². The molecule has 158 valence electrons. The number of amides is 1. The van der Waals surface area contributed by atoms with Gasteiger partial charge in [-0.3, -0.25) is 4.79 Å². The van der Waals surface area contributed by atoms with Gasteiger partial charge in [0.05, 0.1) is 23.6 Å². The quantitative estimate of drug-likeness (QED) is 0.429. The van der Waals surface area contributed by atoms with Crippen LogP contribution >= 0.6 is 11.3 Å². The molecule has 3 aromatic heterocycles. The van der Waals surface area contributed by atoms with Gasteiger partial charge in [0.2, 0.25) is 0 Å². The van der Waals surface area contributed by atoms with Crippen molar-refractivity contribution >= 4 is 17.2 Å². The van der Waals surface area contributed by atoms with Crippen LogP contribution in [-0.2, 0) is 0 Å². The normalized spacial score (nSPS) is 11.9. The molecule has 3 heterocycles. The Morgan fingerprint density at radius 2 is 1.78 bits per heavy atom. The van der Waals surface area contributed by atoms with Gasteiger partial charge in [0.15, 0.2) is 0 Å². The van der Waals surface area contributed by atoms with Crippen LogP contribution < -0.4 is 5.32 Å². The van der Waals surface area contributed by atoms with Gasteiger partial charge in [-0.15, -0.1) is 11.3 Å². The van der Waals surface area contributed by atoms with Crippen molar-refractivity contribution in [1.29, 1.82) is 0 Å². The van der Waals surface area contributed by atoms with Gasteiger partial charge >= 0.3 is 0 Å². The van der Waals surface area contributed by atoms with Crippen molar-refractivity contribution in [3.05, 3.63) is 96.3 Å². The third kappa shape index (κ3) is 4.06. The van der Waals surface area contributed by atoms with E-state index in [1.807, 2.05) is 67.7 Å². The highest BCUT2D eigenvalue weighted by molar-refractivity contribution is 7.13. The monoisotopic (exact) mass is 441 g/mol. The number of rotatable bonds is 6. The number of nitrogens with zero attached hydrogens (tertiary/aromatic N) is 6. The Morgan fingerprint density at radius 3 is 2.53 bits per heavy atom. The van der Waals surface area contributed by atoms with Gasteiger partial charge in [-0.2, -0.15) is 10.2 Å². The SMILES string of the molecule is CC(NC(=O)c1csc(-c2cnn(-c3ccccc3)c2)n1)c1ccc(-n2cncn2)cc1. The van der Waals surface area contributed by atoms with Gasteiger partial charge in [-0.25, -0.2) is 19.3 Å². The molecule has 1 amide bonds. The molecule has 5 rings (SSSR count). The van der Waals surface area contributed by atoms with Crippen molar-refractivity contribution in [1.82, 2.24) is 34.8 Å². The summed E-state index contributed by atoms with van der Waals surface area (Å²) in [6.45, 7) is 1.94. The fourth-order valence-corrected chi connectivity index (χ4v) is 4.05. The summed E-state index contributed by atoms with van der Waals surface area (Å²) in [4.78, 5) is 21.2. The van der Waals surface area contributed by atoms with Crippen LogP contribution in [0.1, 0.15) is 29.0 Å². The Labute approximate surface area is 188 Å². The minimum absolute atomic E-state index is 0.168. The Hall–Kier alpha value is -4.11. The molecule has 0 fully saturated rings. The molecule has 0 aliphatic carbocycles. The highest BCUT2D eigenvalue weighted by Crippen LogP contribution is 2.25. The average Bonchev–Trinajstić information content (AvgIpc) is 3.61. The van der Waals surface area contributed by atoms with E-state index in [9.17, 15) is 4.79 Å². The zero-order valence-corrected chi connectivity index (χ0v) is 18.0. The molecule has 1 atom stereocenters. The molecule has 9 heteroatoms. The van der Waals surface area contributed by atoms with Crippen molar-refractivity contribution in [2.45, 2.75) is 13.0 Å². The number of hydrogen-bond donors (Lipinski definition) is 1. The predicted molar refractivity (Wildman–Crippen MR) is 122 cm³/mol. The summed E-state index contributed by atoms with van der Waals surface area (Å²) in [5, 5.41) is 14.1. The van der Waals surface area contributed by atoms with Crippen molar-refractivity contribution in [3.8, 4) is 21.9 Å². The van der Waals surface area contributed by atoms with E-state index in [4.69, 9.17) is 0 Å². The molecule has 1 unspecified atom stereocenters. The highest BCUT2D eigenvalue weighted by Gasteiger charge is 2.16. The van der Waals surface area contributed by atoms with Gasteiger partial charge in [-0.1, -0.05) is 30.3 Å². The van der Waals surface area contributed by atoms with Crippen molar-refractivity contribution in [2.24, 2.45) is 0 Å². The van der Waals surface area contributed by atoms with Crippen molar-refractivity contribution in [3.63, 3.8) is 0 Å². The molecule has 1 N–H and O–H groups in total. The maximum absolute atomic E-state index is 12.7. The molecule has 0 radical (unpaired) electrons. The second-order valence-electron chi connectivity index (χ2n) is 7.17. The molecular weight excluding hydrogens is 422 g/mol. The number of thiazole rings is 1. The summed E-state index contributed by atoms with van der Waals surface area (Å²) in [6.07, 6.45) is 6.80. The number of aromatic nitrogens is 6. The van der Waals surface area contributed by atoms with Crippen LogP contribution in [0.15, 0.2) is 85.0 Å². The van der Waals surface area contributed by atoms with Crippen LogP contribution in [0.4, 0.5) is 0 Å². The van der Waals surface area contributed by atoms with E-state index in [0.29, 0.717) is 5.69 Å². The summed E-state index contributed by atoms with van der Waals surface area (Å²) >= 11 is 1.42. The van der Waals surface area contributed by atoms with Crippen LogP contribution in [0.25, 0.3) is 21.9 Å². The summed E-state index contributed by atoms with van der Waals surface area (Å²) in [6, 6.07) is 17.5. The first kappa shape index (κ1) is 19.8. The smallest absolute Gasteiger partial charge is 0.271 e. The lowest BCUT2D eigenvalue weighted by molar-refractivity contribution is 0.0935. The summed E-state index contributed by atoms with van der Waals surface area (Å²) in [5.74, 6) is -0.212. The van der Waals surface area contributed by atoms with Crippen LogP contribution in [-0.4, -0.2) is 35.4 Å². The fraction of sp³-hybridized carbons (Fsp3) is 0.0870. The predicted octanol–water partition coefficient (Wildman–Crippen LogP) is 4.07. The van der Waals surface area contributed by atoms with E-state index in [1.54, 1.807) is 27.3 Å². The number of nitrogens with one attached hydrogen (secondary N) is 1. The first-order chi connectivity index (χ1) is 15.7. The summed E-state index contributed by atoms with van der Waals surface area (Å²) < 4.78 is 3.48. The van der Waals surface area contributed by atoms with E-state index in [-0.39, 0.29) is 11.9 Å². The van der Waals surface area contributed by atoms with Crippen LogP contribution in [0.5, 0.6) is 0 Å². The molecule has 8 nitrogen and oxygen atoms in total. The molecule has 0 aliphatic rings. The number of carbonyl (C=O) groups is 1. The number of para-hydroxylation sites is 1. The van der Waals surface area contributed by atoms with E-state index >= 15 is 0 Å². The van der Waals surface area contributed by atoms with E-state index in [1.165, 1.54) is 17.7 Å². The van der Waals surface area contributed by atoms with Crippen LogP contribution in [0.3, 0.4) is 0 Å². The molecule has 2 aromatic carbocycles. The van der Waals surface area contributed by atoms with Crippen LogP contribution in [0, 0.1) is 0 Å². The maximum atomic E-state index is 12.7. The Bertz CT molecular complexity index is 1320. The first-order valence-electron chi connectivity index (χ1n) is 9.99. The molecule has 5 aromatic rings. The second kappa shape index (κ2) is 8.56. The Morgan fingerprint density at radius 1 is 1.00 bits per heavy atom. The second-order valence-corrected chi connectivity index (χ2v) is 8.03. The summed E-state index contributed by atoms with van der Waals surface area (Å²) in [5.41, 5.74) is 4.13. The molecule has 32 heavy (non-hydrogen) atoms. The molecular formula is C23H19N7OS. The van der Waals surface area contributed by atoms with Crippen molar-refractivity contribution < 1.29 is 4.79 Å². The lowest BCUT2D eigenvalue weighted by Crippen LogP contribution is -2.26. The van der Waals surface area contributed by atoms with E-state index in [2.05, 4.69) is 25.5 Å². The van der Waals surface area contributed by atoms with Gasteiger partial charge < -0.3 is 5.32 Å². The number of benzene rings is 2. The highest BCUT2D eigenvalue weighted by atomic mass is 32.1. The van der Waals surface area contributed by atoms with Gasteiger partial charge in [0.25, 0.3) is 5.91 Å². The minimum Gasteiger partial charge on any atom is -0.344 e. The maximum Gasteiger partial charge on any atom is 0.271 e. The number of carbonyl (C=O) groups excluding carboxylic acids is 1. The minimum atomic E-state index is -0.212. The molecule has 0 saturated heterocycles. The Kier molecular flexibility index (Phi) is 5.30. The van der Waals surface area contributed by atoms with Gasteiger partial charge in [0, 0.05) is 17.1 Å². The standard InChI is InChI=1S/C23H19N7OS/c1-16(17-7-9-20(10-8-17)30-15-24-14-26-30)27-22(31)21-13-32-23(28-21)18-11-25-29(12-18)19-5-3-2-4-6-19/h2-16H,1H3,(H,27,31). The first-order valence-corrected chi connectivity index (χ1v) is 10.9. The fourth-order valence-electron chi connectivity index (χ4n) is 3.28. The Balaban J connectivity index is 1.26. The lowest BCUT2D eigenvalue weighted by atomic mass is 10.1.